The molecule has 0 bridgehead atoms. The van der Waals surface area contributed by atoms with Crippen LogP contribution in [0.3, 0.4) is 0 Å². The molecule has 0 radical (unpaired) electrons. The zero-order valence-electron chi connectivity index (χ0n) is 11.8. The summed E-state index contributed by atoms with van der Waals surface area (Å²) in [5.74, 6) is 0.578. The number of anilines is 4. The summed E-state index contributed by atoms with van der Waals surface area (Å²) < 4.78 is 13.9. The van der Waals surface area contributed by atoms with E-state index >= 15 is 0 Å². The van der Waals surface area contributed by atoms with Crippen molar-refractivity contribution in [3.63, 3.8) is 0 Å². The van der Waals surface area contributed by atoms with E-state index < -0.39 is 0 Å². The van der Waals surface area contributed by atoms with Gasteiger partial charge in [-0.15, -0.1) is 0 Å². The molecule has 0 unspecified atom stereocenters. The van der Waals surface area contributed by atoms with Crippen LogP contribution >= 0.6 is 0 Å². The number of halogens is 1. The van der Waals surface area contributed by atoms with Crippen LogP contribution in [0, 0.1) is 12.7 Å². The van der Waals surface area contributed by atoms with E-state index in [1.165, 1.54) is 6.07 Å². The first kappa shape index (κ1) is 13.5. The first-order chi connectivity index (χ1) is 10.1. The van der Waals surface area contributed by atoms with E-state index in [0.29, 0.717) is 11.6 Å². The number of hydrogen-bond acceptors (Lipinski definition) is 6. The van der Waals surface area contributed by atoms with Crippen molar-refractivity contribution in [2.75, 3.05) is 29.0 Å². The summed E-state index contributed by atoms with van der Waals surface area (Å²) in [6, 6.07) is 4.87. The molecular formula is C14H17FN6. The second-order valence-corrected chi connectivity index (χ2v) is 5.07. The highest BCUT2D eigenvalue weighted by atomic mass is 19.1. The molecule has 6 nitrogen and oxygen atoms in total. The zero-order valence-corrected chi connectivity index (χ0v) is 11.8. The lowest BCUT2D eigenvalue weighted by Gasteiger charge is -2.16. The molecule has 0 amide bonds. The monoisotopic (exact) mass is 288 g/mol. The summed E-state index contributed by atoms with van der Waals surface area (Å²) in [5.41, 5.74) is 6.87. The van der Waals surface area contributed by atoms with Crippen LogP contribution in [0.25, 0.3) is 0 Å². The summed E-state index contributed by atoms with van der Waals surface area (Å²) >= 11 is 0. The maximum atomic E-state index is 13.9. The van der Waals surface area contributed by atoms with Crippen molar-refractivity contribution in [1.82, 2.24) is 15.0 Å². The Bertz CT molecular complexity index is 634. The Morgan fingerprint density at radius 2 is 1.95 bits per heavy atom. The number of aryl methyl sites for hydroxylation is 1. The summed E-state index contributed by atoms with van der Waals surface area (Å²) in [4.78, 5) is 14.6. The molecule has 2 heterocycles. The molecule has 1 aromatic carbocycles. The Morgan fingerprint density at radius 1 is 1.19 bits per heavy atom. The maximum Gasteiger partial charge on any atom is 0.233 e. The third kappa shape index (κ3) is 2.86. The minimum absolute atomic E-state index is 0.128. The predicted octanol–water partition coefficient (Wildman–Crippen LogP) is 2.25. The molecular weight excluding hydrogens is 271 g/mol. The lowest BCUT2D eigenvalue weighted by Crippen LogP contribution is -2.22. The van der Waals surface area contributed by atoms with Crippen molar-refractivity contribution < 1.29 is 4.39 Å². The minimum atomic E-state index is -0.350. The number of nitrogens with two attached hydrogens (primary N) is 1. The first-order valence-corrected chi connectivity index (χ1v) is 6.92. The Labute approximate surface area is 122 Å². The number of nitrogens with zero attached hydrogens (tertiary/aromatic N) is 4. The maximum absolute atomic E-state index is 13.9. The Hall–Kier alpha value is -2.44. The molecule has 2 aromatic rings. The van der Waals surface area contributed by atoms with Crippen LogP contribution in [0.15, 0.2) is 18.2 Å². The largest absolute Gasteiger partial charge is 0.368 e. The molecule has 21 heavy (non-hydrogen) atoms. The number of aromatic nitrogens is 3. The van der Waals surface area contributed by atoms with E-state index in [9.17, 15) is 4.39 Å². The average Bonchev–Trinajstić information content (AvgIpc) is 2.97. The van der Waals surface area contributed by atoms with Gasteiger partial charge in [0.2, 0.25) is 17.8 Å². The number of hydrogen-bond donors (Lipinski definition) is 2. The highest BCUT2D eigenvalue weighted by molar-refractivity contribution is 5.60. The van der Waals surface area contributed by atoms with Crippen molar-refractivity contribution in [1.29, 1.82) is 0 Å². The van der Waals surface area contributed by atoms with Crippen molar-refractivity contribution in [2.24, 2.45) is 0 Å². The van der Waals surface area contributed by atoms with E-state index in [0.717, 1.165) is 31.5 Å². The normalized spacial score (nSPS) is 14.5. The SMILES string of the molecule is Cc1cccc(F)c1Nc1nc(N)nc(N2CCCC2)n1. The van der Waals surface area contributed by atoms with Crippen LogP contribution in [0.1, 0.15) is 18.4 Å². The molecule has 0 atom stereocenters. The highest BCUT2D eigenvalue weighted by Crippen LogP contribution is 2.24. The topological polar surface area (TPSA) is 80.0 Å². The highest BCUT2D eigenvalue weighted by Gasteiger charge is 2.17. The lowest BCUT2D eigenvalue weighted by atomic mass is 10.2. The lowest BCUT2D eigenvalue weighted by molar-refractivity contribution is 0.630. The van der Waals surface area contributed by atoms with Crippen LogP contribution < -0.4 is 16.0 Å². The van der Waals surface area contributed by atoms with Gasteiger partial charge in [0.1, 0.15) is 5.82 Å². The second kappa shape index (κ2) is 5.51. The van der Waals surface area contributed by atoms with Crippen LogP contribution in [0.5, 0.6) is 0 Å². The number of para-hydroxylation sites is 1. The smallest absolute Gasteiger partial charge is 0.233 e. The summed E-state index contributed by atoms with van der Waals surface area (Å²) in [5, 5.41) is 2.90. The second-order valence-electron chi connectivity index (χ2n) is 5.07. The van der Waals surface area contributed by atoms with Gasteiger partial charge in [-0.2, -0.15) is 15.0 Å². The van der Waals surface area contributed by atoms with E-state index in [4.69, 9.17) is 5.73 Å². The molecule has 1 aliphatic rings. The fourth-order valence-corrected chi connectivity index (χ4v) is 2.40. The van der Waals surface area contributed by atoms with Gasteiger partial charge in [0.25, 0.3) is 0 Å². The predicted molar refractivity (Wildman–Crippen MR) is 80.1 cm³/mol. The minimum Gasteiger partial charge on any atom is -0.368 e. The quantitative estimate of drug-likeness (QED) is 0.901. The number of benzene rings is 1. The van der Waals surface area contributed by atoms with Gasteiger partial charge >= 0.3 is 0 Å². The molecule has 3 N–H and O–H groups in total. The van der Waals surface area contributed by atoms with Gasteiger partial charge in [-0.25, -0.2) is 4.39 Å². The van der Waals surface area contributed by atoms with Crippen molar-refractivity contribution in [3.05, 3.63) is 29.6 Å². The Kier molecular flexibility index (Phi) is 3.55. The molecule has 0 aliphatic carbocycles. The van der Waals surface area contributed by atoms with Gasteiger partial charge in [-0.3, -0.25) is 0 Å². The van der Waals surface area contributed by atoms with Crippen LogP contribution in [-0.2, 0) is 0 Å². The Balaban J connectivity index is 1.91. The molecule has 0 saturated carbocycles. The van der Waals surface area contributed by atoms with Crippen LogP contribution in [-0.4, -0.2) is 28.0 Å². The molecule has 3 rings (SSSR count). The van der Waals surface area contributed by atoms with E-state index in [1.807, 2.05) is 13.0 Å². The zero-order chi connectivity index (χ0) is 14.8. The molecule has 7 heteroatoms. The van der Waals surface area contributed by atoms with Gasteiger partial charge in [0, 0.05) is 13.1 Å². The van der Waals surface area contributed by atoms with Crippen molar-refractivity contribution in [3.8, 4) is 0 Å². The molecule has 0 spiro atoms. The first-order valence-electron chi connectivity index (χ1n) is 6.92. The number of nitrogen functional groups attached to an aromatic ring is 1. The van der Waals surface area contributed by atoms with Gasteiger partial charge in [-0.05, 0) is 31.4 Å². The van der Waals surface area contributed by atoms with Crippen LogP contribution in [0.4, 0.5) is 27.9 Å². The molecule has 1 fully saturated rings. The van der Waals surface area contributed by atoms with Gasteiger partial charge < -0.3 is 16.0 Å². The van der Waals surface area contributed by atoms with Crippen molar-refractivity contribution in [2.45, 2.75) is 19.8 Å². The van der Waals surface area contributed by atoms with Crippen LogP contribution in [0.2, 0.25) is 0 Å². The average molecular weight is 288 g/mol. The number of nitrogens with one attached hydrogen (secondary N) is 1. The Morgan fingerprint density at radius 3 is 2.67 bits per heavy atom. The standard InChI is InChI=1S/C14H17FN6/c1-9-5-4-6-10(15)11(9)17-13-18-12(16)19-14(20-13)21-7-2-3-8-21/h4-6H,2-3,7-8H2,1H3,(H3,16,17,18,19,20). The van der Waals surface area contributed by atoms with Gasteiger partial charge in [-0.1, -0.05) is 12.1 Å². The third-order valence-electron chi connectivity index (χ3n) is 3.49. The fraction of sp³-hybridized carbons (Fsp3) is 0.357. The number of rotatable bonds is 3. The molecule has 110 valence electrons. The van der Waals surface area contributed by atoms with Gasteiger partial charge in [0.15, 0.2) is 0 Å². The molecule has 1 aromatic heterocycles. The summed E-state index contributed by atoms with van der Waals surface area (Å²) in [7, 11) is 0. The summed E-state index contributed by atoms with van der Waals surface area (Å²) in [6.07, 6.45) is 2.22. The fourth-order valence-electron chi connectivity index (χ4n) is 2.40. The third-order valence-corrected chi connectivity index (χ3v) is 3.49. The summed E-state index contributed by atoms with van der Waals surface area (Å²) in [6.45, 7) is 3.63. The van der Waals surface area contributed by atoms with Gasteiger partial charge in [0.05, 0.1) is 5.69 Å². The molecule has 1 aliphatic heterocycles. The van der Waals surface area contributed by atoms with E-state index in [1.54, 1.807) is 6.07 Å². The van der Waals surface area contributed by atoms with Crippen molar-refractivity contribution >= 4 is 23.5 Å². The van der Waals surface area contributed by atoms with E-state index in [-0.39, 0.29) is 17.7 Å². The molecule has 1 saturated heterocycles. The van der Waals surface area contributed by atoms with E-state index in [2.05, 4.69) is 25.2 Å².